The Hall–Kier alpha value is -2.75. The van der Waals surface area contributed by atoms with Gasteiger partial charge in [0.15, 0.2) is 11.6 Å². The normalized spacial score (nSPS) is 11.9. The van der Waals surface area contributed by atoms with E-state index in [4.69, 9.17) is 0 Å². The Bertz CT molecular complexity index is 640. The molecule has 118 valence electrons. The maximum atomic E-state index is 12.8. The molecule has 0 aliphatic heterocycles. The molecule has 0 saturated heterocycles. The van der Waals surface area contributed by atoms with Crippen LogP contribution in [0.25, 0.3) is 0 Å². The van der Waals surface area contributed by atoms with Gasteiger partial charge in [0.2, 0.25) is 0 Å². The number of carbonyl (C=O) groups is 3. The third kappa shape index (κ3) is 3.72. The number of carboxylic acids is 1. The summed E-state index contributed by atoms with van der Waals surface area (Å²) in [6.45, 7) is 1.67. The van der Waals surface area contributed by atoms with Gasteiger partial charge in [-0.3, -0.25) is 14.4 Å². The molecule has 2 aromatic carbocycles. The van der Waals surface area contributed by atoms with Crippen LogP contribution in [-0.4, -0.2) is 22.6 Å². The van der Waals surface area contributed by atoms with Gasteiger partial charge in [0, 0.05) is 11.1 Å². The fourth-order valence-electron chi connectivity index (χ4n) is 2.60. The molecule has 1 atom stereocenters. The molecule has 0 fully saturated rings. The minimum atomic E-state index is -1.22. The van der Waals surface area contributed by atoms with Crippen LogP contribution in [0.2, 0.25) is 0 Å². The monoisotopic (exact) mass is 310 g/mol. The zero-order valence-corrected chi connectivity index (χ0v) is 12.8. The molecule has 4 nitrogen and oxygen atoms in total. The van der Waals surface area contributed by atoms with Crippen molar-refractivity contribution >= 4 is 17.5 Å². The maximum Gasteiger partial charge on any atom is 0.307 e. The van der Waals surface area contributed by atoms with Crippen molar-refractivity contribution in [1.82, 2.24) is 0 Å². The molecule has 2 aromatic rings. The van der Waals surface area contributed by atoms with Crippen molar-refractivity contribution in [1.29, 1.82) is 0 Å². The van der Waals surface area contributed by atoms with Crippen LogP contribution in [0.5, 0.6) is 0 Å². The van der Waals surface area contributed by atoms with E-state index < -0.39 is 29.4 Å². The molecule has 0 bridgehead atoms. The van der Waals surface area contributed by atoms with E-state index in [1.165, 1.54) is 0 Å². The van der Waals surface area contributed by atoms with Gasteiger partial charge in [-0.05, 0) is 6.42 Å². The minimum absolute atomic E-state index is 0.206. The summed E-state index contributed by atoms with van der Waals surface area (Å²) in [6.07, 6.45) is 0.206. The number of aliphatic carboxylic acids is 1. The van der Waals surface area contributed by atoms with Crippen LogP contribution >= 0.6 is 0 Å². The molecule has 2 rings (SSSR count). The number of benzene rings is 2. The van der Waals surface area contributed by atoms with Crippen molar-refractivity contribution in [3.8, 4) is 0 Å². The van der Waals surface area contributed by atoms with Gasteiger partial charge in [-0.2, -0.15) is 0 Å². The first-order valence-corrected chi connectivity index (χ1v) is 7.47. The first-order valence-electron chi connectivity index (χ1n) is 7.47. The Morgan fingerprint density at radius 2 is 1.22 bits per heavy atom. The lowest BCUT2D eigenvalue weighted by Crippen LogP contribution is -2.36. The van der Waals surface area contributed by atoms with Crippen LogP contribution in [0.4, 0.5) is 0 Å². The fourth-order valence-corrected chi connectivity index (χ4v) is 2.60. The zero-order chi connectivity index (χ0) is 16.8. The number of hydrogen-bond donors (Lipinski definition) is 1. The summed E-state index contributed by atoms with van der Waals surface area (Å²) < 4.78 is 0. The van der Waals surface area contributed by atoms with Gasteiger partial charge in [0.25, 0.3) is 0 Å². The Balaban J connectivity index is 2.46. The van der Waals surface area contributed by atoms with Crippen LogP contribution in [0.1, 0.15) is 34.1 Å². The average molecular weight is 310 g/mol. The third-order valence-corrected chi connectivity index (χ3v) is 3.84. The molecule has 0 aromatic heterocycles. The SMILES string of the molecule is CCC(C(=O)O)C(C(=O)c1ccccc1)C(=O)c1ccccc1. The molecular weight excluding hydrogens is 292 g/mol. The number of hydrogen-bond acceptors (Lipinski definition) is 3. The van der Waals surface area contributed by atoms with E-state index in [-0.39, 0.29) is 6.42 Å². The third-order valence-electron chi connectivity index (χ3n) is 3.84. The van der Waals surface area contributed by atoms with Crippen LogP contribution in [0.3, 0.4) is 0 Å². The molecule has 4 heteroatoms. The molecule has 0 aliphatic carbocycles. The summed E-state index contributed by atoms with van der Waals surface area (Å²) in [4.78, 5) is 37.1. The number of carbonyl (C=O) groups excluding carboxylic acids is 2. The molecule has 0 saturated carbocycles. The highest BCUT2D eigenvalue weighted by Crippen LogP contribution is 2.25. The van der Waals surface area contributed by atoms with Crippen molar-refractivity contribution in [3.05, 3.63) is 71.8 Å². The predicted octanol–water partition coefficient (Wildman–Crippen LogP) is 3.48. The lowest BCUT2D eigenvalue weighted by Gasteiger charge is -2.21. The van der Waals surface area contributed by atoms with Crippen molar-refractivity contribution in [2.24, 2.45) is 11.8 Å². The Labute approximate surface area is 134 Å². The summed E-state index contributed by atoms with van der Waals surface area (Å²) in [6, 6.07) is 16.7. The quantitative estimate of drug-likeness (QED) is 0.628. The van der Waals surface area contributed by atoms with Gasteiger partial charge < -0.3 is 5.11 Å². The Morgan fingerprint density at radius 3 is 1.52 bits per heavy atom. The molecule has 0 heterocycles. The Morgan fingerprint density at radius 1 is 0.826 bits per heavy atom. The van der Waals surface area contributed by atoms with E-state index in [0.717, 1.165) is 0 Å². The van der Waals surface area contributed by atoms with Gasteiger partial charge in [0.1, 0.15) is 0 Å². The lowest BCUT2D eigenvalue weighted by atomic mass is 9.79. The molecule has 1 N–H and O–H groups in total. The number of carboxylic acid groups (broad SMARTS) is 1. The Kier molecular flexibility index (Phi) is 5.41. The summed E-state index contributed by atoms with van der Waals surface area (Å²) in [5.74, 6) is -4.30. The summed E-state index contributed by atoms with van der Waals surface area (Å²) in [7, 11) is 0. The maximum absolute atomic E-state index is 12.8. The first-order chi connectivity index (χ1) is 11.1. The standard InChI is InChI=1S/C19H18O4/c1-2-15(19(22)23)16(17(20)13-9-5-3-6-10-13)18(21)14-11-7-4-8-12-14/h3-12,15-16H,2H2,1H3,(H,22,23). The highest BCUT2D eigenvalue weighted by atomic mass is 16.4. The van der Waals surface area contributed by atoms with Crippen molar-refractivity contribution in [3.63, 3.8) is 0 Å². The highest BCUT2D eigenvalue weighted by molar-refractivity contribution is 6.17. The molecule has 0 amide bonds. The molecule has 23 heavy (non-hydrogen) atoms. The highest BCUT2D eigenvalue weighted by Gasteiger charge is 2.38. The van der Waals surface area contributed by atoms with Gasteiger partial charge in [-0.15, -0.1) is 0 Å². The smallest absolute Gasteiger partial charge is 0.307 e. The molecule has 1 unspecified atom stereocenters. The van der Waals surface area contributed by atoms with E-state index in [9.17, 15) is 19.5 Å². The molecule has 0 spiro atoms. The summed E-state index contributed by atoms with van der Waals surface area (Å²) in [5.41, 5.74) is 0.697. The van der Waals surface area contributed by atoms with Crippen LogP contribution in [-0.2, 0) is 4.79 Å². The van der Waals surface area contributed by atoms with Gasteiger partial charge in [0.05, 0.1) is 11.8 Å². The van der Waals surface area contributed by atoms with Gasteiger partial charge >= 0.3 is 5.97 Å². The van der Waals surface area contributed by atoms with Crippen LogP contribution in [0, 0.1) is 11.8 Å². The second kappa shape index (κ2) is 7.49. The predicted molar refractivity (Wildman–Crippen MR) is 86.5 cm³/mol. The van der Waals surface area contributed by atoms with Crippen LogP contribution in [0.15, 0.2) is 60.7 Å². The van der Waals surface area contributed by atoms with E-state index in [2.05, 4.69) is 0 Å². The largest absolute Gasteiger partial charge is 0.481 e. The lowest BCUT2D eigenvalue weighted by molar-refractivity contribution is -0.142. The topological polar surface area (TPSA) is 71.4 Å². The van der Waals surface area contributed by atoms with Crippen LogP contribution < -0.4 is 0 Å². The van der Waals surface area contributed by atoms with Crippen molar-refractivity contribution in [2.75, 3.05) is 0 Å². The zero-order valence-electron chi connectivity index (χ0n) is 12.8. The number of rotatable bonds is 7. The van der Waals surface area contributed by atoms with E-state index in [1.54, 1.807) is 67.6 Å². The van der Waals surface area contributed by atoms with Crippen molar-refractivity contribution in [2.45, 2.75) is 13.3 Å². The second-order valence-corrected chi connectivity index (χ2v) is 5.29. The van der Waals surface area contributed by atoms with Gasteiger partial charge in [-0.1, -0.05) is 67.6 Å². The average Bonchev–Trinajstić information content (AvgIpc) is 2.59. The molecular formula is C19H18O4. The second-order valence-electron chi connectivity index (χ2n) is 5.29. The molecule has 0 radical (unpaired) electrons. The molecule has 0 aliphatic rings. The summed E-state index contributed by atoms with van der Waals surface area (Å²) >= 11 is 0. The van der Waals surface area contributed by atoms with E-state index in [1.807, 2.05) is 0 Å². The fraction of sp³-hybridized carbons (Fsp3) is 0.211. The van der Waals surface area contributed by atoms with Crippen molar-refractivity contribution < 1.29 is 19.5 Å². The number of ketones is 2. The summed E-state index contributed by atoms with van der Waals surface area (Å²) in [5, 5.41) is 9.43. The number of Topliss-reactive ketones (excluding diaryl/α,β-unsaturated/α-hetero) is 2. The van der Waals surface area contributed by atoms with E-state index in [0.29, 0.717) is 11.1 Å². The first kappa shape index (κ1) is 16.6. The van der Waals surface area contributed by atoms with Gasteiger partial charge in [-0.25, -0.2) is 0 Å². The minimum Gasteiger partial charge on any atom is -0.481 e. The van der Waals surface area contributed by atoms with E-state index >= 15 is 0 Å².